The second-order valence-corrected chi connectivity index (χ2v) is 5.64. The van der Waals surface area contributed by atoms with E-state index in [1.54, 1.807) is 12.4 Å². The predicted octanol–water partition coefficient (Wildman–Crippen LogP) is 2.01. The highest BCUT2D eigenvalue weighted by Crippen LogP contribution is 2.36. The summed E-state index contributed by atoms with van der Waals surface area (Å²) in [5.41, 5.74) is 0.916. The summed E-state index contributed by atoms with van der Waals surface area (Å²) in [4.78, 5) is 27.5. The van der Waals surface area contributed by atoms with Crippen molar-refractivity contribution >= 4 is 11.9 Å². The van der Waals surface area contributed by atoms with Crippen LogP contribution in [0.5, 0.6) is 0 Å². The first-order chi connectivity index (χ1) is 9.49. The van der Waals surface area contributed by atoms with Crippen LogP contribution in [0.1, 0.15) is 38.3 Å². The van der Waals surface area contributed by atoms with E-state index in [0.29, 0.717) is 12.8 Å². The van der Waals surface area contributed by atoms with Crippen LogP contribution in [0, 0.1) is 17.8 Å². The summed E-state index contributed by atoms with van der Waals surface area (Å²) in [6, 6.07) is 3.54. The maximum absolute atomic E-state index is 12.3. The molecule has 0 spiro atoms. The third-order valence-electron chi connectivity index (χ3n) is 4.00. The molecule has 1 aromatic heterocycles. The fourth-order valence-corrected chi connectivity index (χ4v) is 2.89. The lowest BCUT2D eigenvalue weighted by Crippen LogP contribution is -2.36. The van der Waals surface area contributed by atoms with Crippen LogP contribution < -0.4 is 5.32 Å². The molecule has 2 N–H and O–H groups in total. The van der Waals surface area contributed by atoms with Crippen LogP contribution in [0.15, 0.2) is 24.5 Å². The molecule has 0 saturated heterocycles. The number of carbonyl (C=O) groups excluding carboxylic acids is 1. The van der Waals surface area contributed by atoms with E-state index in [1.165, 1.54) is 0 Å². The molecule has 0 aliphatic heterocycles. The molecule has 1 aliphatic carbocycles. The first-order valence-corrected chi connectivity index (χ1v) is 6.92. The number of amides is 1. The molecule has 1 fully saturated rings. The Balaban J connectivity index is 2.02. The monoisotopic (exact) mass is 276 g/mol. The number of aliphatic carboxylic acids is 1. The molecule has 5 nitrogen and oxygen atoms in total. The summed E-state index contributed by atoms with van der Waals surface area (Å²) in [7, 11) is 0. The Hall–Kier alpha value is -1.91. The third-order valence-corrected chi connectivity index (χ3v) is 4.00. The molecule has 20 heavy (non-hydrogen) atoms. The van der Waals surface area contributed by atoms with E-state index in [0.717, 1.165) is 5.56 Å². The molecule has 0 bridgehead atoms. The standard InChI is InChI=1S/C15H20N2O3/c1-9-6-12(13(7-9)15(19)20)14(18)17-10(2)11-4-3-5-16-8-11/h3-5,8-10,12-13H,6-7H2,1-2H3,(H,17,18)(H,19,20)/t9?,10-,12?,13?/m1/s1. The number of rotatable bonds is 4. The van der Waals surface area contributed by atoms with Gasteiger partial charge in [0.15, 0.2) is 0 Å². The van der Waals surface area contributed by atoms with E-state index >= 15 is 0 Å². The number of carboxylic acids is 1. The second kappa shape index (κ2) is 6.03. The van der Waals surface area contributed by atoms with Gasteiger partial charge < -0.3 is 10.4 Å². The molecule has 4 atom stereocenters. The summed E-state index contributed by atoms with van der Waals surface area (Å²) < 4.78 is 0. The Morgan fingerprint density at radius 1 is 1.40 bits per heavy atom. The van der Waals surface area contributed by atoms with Crippen LogP contribution in [0.25, 0.3) is 0 Å². The van der Waals surface area contributed by atoms with E-state index in [9.17, 15) is 14.7 Å². The summed E-state index contributed by atoms with van der Waals surface area (Å²) in [5.74, 6) is -1.75. The van der Waals surface area contributed by atoms with E-state index < -0.39 is 17.8 Å². The molecule has 108 valence electrons. The van der Waals surface area contributed by atoms with Crippen molar-refractivity contribution < 1.29 is 14.7 Å². The number of pyridine rings is 1. The van der Waals surface area contributed by atoms with Crippen molar-refractivity contribution in [3.8, 4) is 0 Å². The fourth-order valence-electron chi connectivity index (χ4n) is 2.89. The number of aromatic nitrogens is 1. The molecule has 1 aliphatic rings. The lowest BCUT2D eigenvalue weighted by molar-refractivity contribution is -0.146. The molecule has 5 heteroatoms. The predicted molar refractivity (Wildman–Crippen MR) is 73.8 cm³/mol. The van der Waals surface area contributed by atoms with Crippen LogP contribution >= 0.6 is 0 Å². The Kier molecular flexibility index (Phi) is 4.37. The molecule has 1 saturated carbocycles. The topological polar surface area (TPSA) is 79.3 Å². The highest BCUT2D eigenvalue weighted by Gasteiger charge is 2.41. The number of nitrogens with one attached hydrogen (secondary N) is 1. The summed E-state index contributed by atoms with van der Waals surface area (Å²) in [5, 5.41) is 12.1. The van der Waals surface area contributed by atoms with Crippen molar-refractivity contribution in [2.24, 2.45) is 17.8 Å². The number of carboxylic acid groups (broad SMARTS) is 1. The van der Waals surface area contributed by atoms with E-state index in [2.05, 4.69) is 10.3 Å². The zero-order valence-corrected chi connectivity index (χ0v) is 11.7. The van der Waals surface area contributed by atoms with Gasteiger partial charge in [-0.2, -0.15) is 0 Å². The third kappa shape index (κ3) is 3.15. The minimum absolute atomic E-state index is 0.165. The first kappa shape index (κ1) is 14.5. The first-order valence-electron chi connectivity index (χ1n) is 6.92. The van der Waals surface area contributed by atoms with Gasteiger partial charge in [-0.1, -0.05) is 13.0 Å². The van der Waals surface area contributed by atoms with Gasteiger partial charge in [-0.05, 0) is 37.3 Å². The van der Waals surface area contributed by atoms with Crippen molar-refractivity contribution in [2.45, 2.75) is 32.7 Å². The van der Waals surface area contributed by atoms with Gasteiger partial charge in [0, 0.05) is 12.4 Å². The average Bonchev–Trinajstić information content (AvgIpc) is 2.82. The van der Waals surface area contributed by atoms with Gasteiger partial charge in [0.05, 0.1) is 17.9 Å². The molecule has 1 amide bonds. The van der Waals surface area contributed by atoms with Crippen LogP contribution in [0.2, 0.25) is 0 Å². The van der Waals surface area contributed by atoms with Crippen LogP contribution in [-0.2, 0) is 9.59 Å². The zero-order valence-electron chi connectivity index (χ0n) is 11.7. The molecule has 3 unspecified atom stereocenters. The fraction of sp³-hybridized carbons (Fsp3) is 0.533. The van der Waals surface area contributed by atoms with Gasteiger partial charge in [-0.15, -0.1) is 0 Å². The van der Waals surface area contributed by atoms with Crippen molar-refractivity contribution in [2.75, 3.05) is 0 Å². The Morgan fingerprint density at radius 2 is 2.10 bits per heavy atom. The molecular weight excluding hydrogens is 256 g/mol. The summed E-state index contributed by atoms with van der Waals surface area (Å²) in [6.45, 7) is 3.87. The normalized spacial score (nSPS) is 27.0. The number of nitrogens with zero attached hydrogens (tertiary/aromatic N) is 1. The largest absolute Gasteiger partial charge is 0.481 e. The minimum atomic E-state index is -0.872. The maximum Gasteiger partial charge on any atom is 0.307 e. The second-order valence-electron chi connectivity index (χ2n) is 5.64. The average molecular weight is 276 g/mol. The minimum Gasteiger partial charge on any atom is -0.481 e. The van der Waals surface area contributed by atoms with E-state index in [-0.39, 0.29) is 17.9 Å². The molecule has 1 heterocycles. The van der Waals surface area contributed by atoms with Crippen LogP contribution in [-0.4, -0.2) is 22.0 Å². The van der Waals surface area contributed by atoms with Gasteiger partial charge in [0.25, 0.3) is 0 Å². The molecule has 1 aromatic rings. The molecule has 0 radical (unpaired) electrons. The van der Waals surface area contributed by atoms with Gasteiger partial charge in [0.2, 0.25) is 5.91 Å². The molecular formula is C15H20N2O3. The highest BCUT2D eigenvalue weighted by atomic mass is 16.4. The molecule has 0 aromatic carbocycles. The van der Waals surface area contributed by atoms with Crippen molar-refractivity contribution in [3.05, 3.63) is 30.1 Å². The van der Waals surface area contributed by atoms with Gasteiger partial charge in [-0.3, -0.25) is 14.6 Å². The number of hydrogen-bond donors (Lipinski definition) is 2. The van der Waals surface area contributed by atoms with Crippen LogP contribution in [0.4, 0.5) is 0 Å². The summed E-state index contributed by atoms with van der Waals surface area (Å²) in [6.07, 6.45) is 4.60. The van der Waals surface area contributed by atoms with E-state index in [1.807, 2.05) is 26.0 Å². The number of hydrogen-bond acceptors (Lipinski definition) is 3. The Bertz CT molecular complexity index is 489. The molecule has 2 rings (SSSR count). The van der Waals surface area contributed by atoms with Crippen molar-refractivity contribution in [1.29, 1.82) is 0 Å². The highest BCUT2D eigenvalue weighted by molar-refractivity contribution is 5.85. The van der Waals surface area contributed by atoms with Crippen molar-refractivity contribution in [1.82, 2.24) is 10.3 Å². The number of carbonyl (C=O) groups is 2. The van der Waals surface area contributed by atoms with Gasteiger partial charge in [-0.25, -0.2) is 0 Å². The smallest absolute Gasteiger partial charge is 0.307 e. The van der Waals surface area contributed by atoms with Gasteiger partial charge in [0.1, 0.15) is 0 Å². The lowest BCUT2D eigenvalue weighted by Gasteiger charge is -2.19. The Labute approximate surface area is 118 Å². The summed E-state index contributed by atoms with van der Waals surface area (Å²) >= 11 is 0. The van der Waals surface area contributed by atoms with Gasteiger partial charge >= 0.3 is 5.97 Å². The quantitative estimate of drug-likeness (QED) is 0.881. The Morgan fingerprint density at radius 3 is 2.70 bits per heavy atom. The SMILES string of the molecule is CC1CC(C(=O)O)C(C(=O)N[C@H](C)c2cccnc2)C1. The maximum atomic E-state index is 12.3. The van der Waals surface area contributed by atoms with Crippen LogP contribution in [0.3, 0.4) is 0 Å². The van der Waals surface area contributed by atoms with E-state index in [4.69, 9.17) is 0 Å². The van der Waals surface area contributed by atoms with Crippen molar-refractivity contribution in [3.63, 3.8) is 0 Å². The lowest BCUT2D eigenvalue weighted by atomic mass is 9.95. The zero-order chi connectivity index (χ0) is 14.7.